The van der Waals surface area contributed by atoms with Gasteiger partial charge in [0.05, 0.1) is 16.9 Å². The maximum atomic E-state index is 11.9. The van der Waals surface area contributed by atoms with Crippen molar-refractivity contribution in [1.29, 1.82) is 0 Å². The first-order valence-electron chi connectivity index (χ1n) is 4.31. The summed E-state index contributed by atoms with van der Waals surface area (Å²) in [5.74, 6) is 0. The lowest BCUT2D eigenvalue weighted by atomic mass is 10.1. The smallest absolute Gasteiger partial charge is 0.323 e. The summed E-state index contributed by atoms with van der Waals surface area (Å²) in [4.78, 5) is 0. The van der Waals surface area contributed by atoms with Gasteiger partial charge in [-0.25, -0.2) is 0 Å². The lowest BCUT2D eigenvalue weighted by molar-refractivity contribution is -0.136. The SMILES string of the molecule is Cn1ncc(Cl)c1C(N)CCC(F)(F)F. The van der Waals surface area contributed by atoms with Crippen molar-refractivity contribution in [2.24, 2.45) is 12.8 Å². The molecule has 0 radical (unpaired) electrons. The van der Waals surface area contributed by atoms with Crippen LogP contribution in [0.1, 0.15) is 24.6 Å². The normalized spacial score (nSPS) is 14.3. The van der Waals surface area contributed by atoms with Crippen LogP contribution in [-0.2, 0) is 7.05 Å². The van der Waals surface area contributed by atoms with E-state index in [0.29, 0.717) is 10.7 Å². The van der Waals surface area contributed by atoms with Crippen molar-refractivity contribution in [1.82, 2.24) is 9.78 Å². The van der Waals surface area contributed by atoms with E-state index in [-0.39, 0.29) is 6.42 Å². The maximum absolute atomic E-state index is 11.9. The van der Waals surface area contributed by atoms with Crippen LogP contribution >= 0.6 is 11.6 Å². The standard InChI is InChI=1S/C8H11ClF3N3/c1-15-7(5(9)4-14-15)6(13)2-3-8(10,11)12/h4,6H,2-3,13H2,1H3. The molecule has 0 aliphatic heterocycles. The lowest BCUT2D eigenvalue weighted by Crippen LogP contribution is -2.18. The third-order valence-corrected chi connectivity index (χ3v) is 2.32. The molecule has 0 aliphatic rings. The number of alkyl halides is 3. The second-order valence-corrected chi connectivity index (χ2v) is 3.67. The van der Waals surface area contributed by atoms with Gasteiger partial charge in [-0.15, -0.1) is 0 Å². The fourth-order valence-electron chi connectivity index (χ4n) is 1.29. The quantitative estimate of drug-likeness (QED) is 0.883. The molecular weight excluding hydrogens is 231 g/mol. The first-order chi connectivity index (χ1) is 6.81. The van der Waals surface area contributed by atoms with Gasteiger partial charge in [0.2, 0.25) is 0 Å². The van der Waals surface area contributed by atoms with Gasteiger partial charge in [-0.3, -0.25) is 4.68 Å². The number of nitrogens with zero attached hydrogens (tertiary/aromatic N) is 2. The van der Waals surface area contributed by atoms with Crippen molar-refractivity contribution in [3.63, 3.8) is 0 Å². The Labute approximate surface area is 90.0 Å². The van der Waals surface area contributed by atoms with Crippen LogP contribution in [0, 0.1) is 0 Å². The van der Waals surface area contributed by atoms with Crippen LogP contribution in [0.15, 0.2) is 6.20 Å². The van der Waals surface area contributed by atoms with Crippen LogP contribution in [0.2, 0.25) is 5.02 Å². The monoisotopic (exact) mass is 241 g/mol. The Morgan fingerprint density at radius 3 is 2.60 bits per heavy atom. The van der Waals surface area contributed by atoms with E-state index < -0.39 is 18.6 Å². The highest BCUT2D eigenvalue weighted by molar-refractivity contribution is 6.31. The summed E-state index contributed by atoms with van der Waals surface area (Å²) in [6, 6.07) is -0.744. The molecule has 0 fully saturated rings. The Morgan fingerprint density at radius 1 is 1.60 bits per heavy atom. The second kappa shape index (κ2) is 4.40. The number of nitrogens with two attached hydrogens (primary N) is 1. The zero-order chi connectivity index (χ0) is 11.6. The predicted octanol–water partition coefficient (Wildman–Crippen LogP) is 2.42. The molecule has 1 rings (SSSR count). The van der Waals surface area contributed by atoms with E-state index in [1.807, 2.05) is 0 Å². The third kappa shape index (κ3) is 3.39. The highest BCUT2D eigenvalue weighted by Gasteiger charge is 2.28. The molecule has 1 atom stereocenters. The van der Waals surface area contributed by atoms with Gasteiger partial charge in [0.25, 0.3) is 0 Å². The summed E-state index contributed by atoms with van der Waals surface area (Å²) in [6.45, 7) is 0. The van der Waals surface area contributed by atoms with E-state index >= 15 is 0 Å². The van der Waals surface area contributed by atoms with Crippen molar-refractivity contribution < 1.29 is 13.2 Å². The van der Waals surface area contributed by atoms with Gasteiger partial charge >= 0.3 is 6.18 Å². The van der Waals surface area contributed by atoms with Gasteiger partial charge in [-0.1, -0.05) is 11.6 Å². The Kier molecular flexibility index (Phi) is 3.62. The van der Waals surface area contributed by atoms with Gasteiger partial charge in [-0.2, -0.15) is 18.3 Å². The van der Waals surface area contributed by atoms with Crippen molar-refractivity contribution in [3.8, 4) is 0 Å². The Morgan fingerprint density at radius 2 is 2.20 bits per heavy atom. The molecule has 1 aromatic heterocycles. The molecule has 0 aliphatic carbocycles. The molecule has 0 saturated carbocycles. The van der Waals surface area contributed by atoms with E-state index in [0.717, 1.165) is 0 Å². The first kappa shape index (κ1) is 12.3. The minimum absolute atomic E-state index is 0.192. The third-order valence-electron chi connectivity index (χ3n) is 2.03. The van der Waals surface area contributed by atoms with Crippen LogP contribution in [0.4, 0.5) is 13.2 Å². The topological polar surface area (TPSA) is 43.8 Å². The van der Waals surface area contributed by atoms with Gasteiger partial charge in [0, 0.05) is 19.5 Å². The Hall–Kier alpha value is -0.750. The molecule has 0 bridgehead atoms. The highest BCUT2D eigenvalue weighted by Crippen LogP contribution is 2.28. The second-order valence-electron chi connectivity index (χ2n) is 3.26. The largest absolute Gasteiger partial charge is 0.389 e. The van der Waals surface area contributed by atoms with Gasteiger partial charge in [0.1, 0.15) is 0 Å². The molecule has 7 heteroatoms. The molecule has 0 amide bonds. The Balaban J connectivity index is 2.65. The molecule has 3 nitrogen and oxygen atoms in total. The molecule has 0 saturated heterocycles. The molecule has 15 heavy (non-hydrogen) atoms. The number of rotatable bonds is 3. The summed E-state index contributed by atoms with van der Waals surface area (Å²) in [6.07, 6.45) is -3.94. The minimum Gasteiger partial charge on any atom is -0.323 e. The zero-order valence-electron chi connectivity index (χ0n) is 8.05. The van der Waals surface area contributed by atoms with Gasteiger partial charge in [0.15, 0.2) is 0 Å². The van der Waals surface area contributed by atoms with E-state index in [1.54, 1.807) is 7.05 Å². The molecular formula is C8H11ClF3N3. The van der Waals surface area contributed by atoms with E-state index in [9.17, 15) is 13.2 Å². The number of aromatic nitrogens is 2. The van der Waals surface area contributed by atoms with Gasteiger partial charge in [-0.05, 0) is 6.42 Å². The number of hydrogen-bond acceptors (Lipinski definition) is 2. The van der Waals surface area contributed by atoms with Gasteiger partial charge < -0.3 is 5.73 Å². The van der Waals surface area contributed by atoms with Crippen LogP contribution in [-0.4, -0.2) is 16.0 Å². The summed E-state index contributed by atoms with van der Waals surface area (Å²) in [5, 5.41) is 4.10. The van der Waals surface area contributed by atoms with E-state index in [4.69, 9.17) is 17.3 Å². The highest BCUT2D eigenvalue weighted by atomic mass is 35.5. The summed E-state index contributed by atoms with van der Waals surface area (Å²) in [7, 11) is 1.59. The molecule has 0 aromatic carbocycles. The van der Waals surface area contributed by atoms with E-state index in [1.165, 1.54) is 10.9 Å². The number of aryl methyl sites for hydroxylation is 1. The van der Waals surface area contributed by atoms with E-state index in [2.05, 4.69) is 5.10 Å². The lowest BCUT2D eigenvalue weighted by Gasteiger charge is -2.13. The van der Waals surface area contributed by atoms with Crippen molar-refractivity contribution in [2.75, 3.05) is 0 Å². The molecule has 0 spiro atoms. The van der Waals surface area contributed by atoms with Crippen LogP contribution in [0.5, 0.6) is 0 Å². The average molecular weight is 242 g/mol. The molecule has 1 heterocycles. The number of hydrogen-bond donors (Lipinski definition) is 1. The predicted molar refractivity (Wildman–Crippen MR) is 50.4 cm³/mol. The van der Waals surface area contributed by atoms with Crippen molar-refractivity contribution in [3.05, 3.63) is 16.9 Å². The molecule has 2 N–H and O–H groups in total. The minimum atomic E-state index is -4.19. The van der Waals surface area contributed by atoms with Crippen LogP contribution in [0.3, 0.4) is 0 Å². The fourth-order valence-corrected chi connectivity index (χ4v) is 1.60. The Bertz CT molecular complexity index is 315. The summed E-state index contributed by atoms with van der Waals surface area (Å²) >= 11 is 5.75. The molecule has 1 unspecified atom stereocenters. The van der Waals surface area contributed by atoms with Crippen LogP contribution in [0.25, 0.3) is 0 Å². The molecule has 1 aromatic rings. The first-order valence-corrected chi connectivity index (χ1v) is 4.69. The summed E-state index contributed by atoms with van der Waals surface area (Å²) < 4.78 is 37.2. The van der Waals surface area contributed by atoms with Crippen molar-refractivity contribution in [2.45, 2.75) is 25.1 Å². The zero-order valence-corrected chi connectivity index (χ0v) is 8.81. The fraction of sp³-hybridized carbons (Fsp3) is 0.625. The summed E-state index contributed by atoms with van der Waals surface area (Å²) in [5.41, 5.74) is 6.03. The van der Waals surface area contributed by atoms with Crippen molar-refractivity contribution >= 4 is 11.6 Å². The maximum Gasteiger partial charge on any atom is 0.389 e. The number of halogens is 4. The molecule has 86 valence electrons. The van der Waals surface area contributed by atoms with Crippen LogP contribution < -0.4 is 5.73 Å². The average Bonchev–Trinajstić information content (AvgIpc) is 2.41.